The second-order valence-corrected chi connectivity index (χ2v) is 2.02. The molecule has 3 heteroatoms. The number of nitrogens with zero attached hydrogens (tertiary/aromatic N) is 1. The van der Waals surface area contributed by atoms with Crippen molar-refractivity contribution in [2.24, 2.45) is 0 Å². The number of carbonyl (C=O) groups excluding carboxylic acids is 1. The van der Waals surface area contributed by atoms with Gasteiger partial charge >= 0.3 is 6.03 Å². The van der Waals surface area contributed by atoms with E-state index in [4.69, 9.17) is 0 Å². The summed E-state index contributed by atoms with van der Waals surface area (Å²) in [6.45, 7) is 5.54. The van der Waals surface area contributed by atoms with E-state index in [1.54, 1.807) is 4.90 Å². The van der Waals surface area contributed by atoms with E-state index >= 15 is 0 Å². The Labute approximate surface area is 55.0 Å². The zero-order chi connectivity index (χ0) is 6.69. The molecular formula is C6H11N2O. The van der Waals surface area contributed by atoms with Crippen molar-refractivity contribution in [2.45, 2.75) is 13.3 Å². The van der Waals surface area contributed by atoms with Crippen LogP contribution >= 0.6 is 0 Å². The molecule has 1 fully saturated rings. The summed E-state index contributed by atoms with van der Waals surface area (Å²) in [5, 5.41) is 2.71. The fourth-order valence-electron chi connectivity index (χ4n) is 0.881. The average molecular weight is 127 g/mol. The third-order valence-electron chi connectivity index (χ3n) is 1.29. The van der Waals surface area contributed by atoms with Crippen LogP contribution in [0.2, 0.25) is 0 Å². The van der Waals surface area contributed by atoms with Crippen molar-refractivity contribution in [2.75, 3.05) is 13.1 Å². The van der Waals surface area contributed by atoms with Crippen molar-refractivity contribution >= 4 is 6.03 Å². The van der Waals surface area contributed by atoms with Gasteiger partial charge in [0, 0.05) is 13.1 Å². The Hall–Kier alpha value is -0.730. The minimum atomic E-state index is 0.0388. The van der Waals surface area contributed by atoms with Crippen molar-refractivity contribution in [3.63, 3.8) is 0 Å². The Morgan fingerprint density at radius 3 is 3.11 bits per heavy atom. The van der Waals surface area contributed by atoms with Crippen LogP contribution in [0.4, 0.5) is 4.79 Å². The molecule has 0 unspecified atom stereocenters. The highest BCUT2D eigenvalue weighted by Crippen LogP contribution is 2.00. The number of carbonyl (C=O) groups is 1. The van der Waals surface area contributed by atoms with Gasteiger partial charge in [-0.15, -0.1) is 0 Å². The first kappa shape index (κ1) is 6.39. The molecule has 2 amide bonds. The summed E-state index contributed by atoms with van der Waals surface area (Å²) >= 11 is 0. The van der Waals surface area contributed by atoms with E-state index < -0.39 is 0 Å². The van der Waals surface area contributed by atoms with Gasteiger partial charge in [0.2, 0.25) is 0 Å². The lowest BCUT2D eigenvalue weighted by atomic mass is 10.4. The van der Waals surface area contributed by atoms with Gasteiger partial charge in [-0.05, 0) is 6.42 Å². The molecule has 0 saturated carbocycles. The molecule has 0 spiro atoms. The molecular weight excluding hydrogens is 116 g/mol. The van der Waals surface area contributed by atoms with Crippen molar-refractivity contribution in [1.29, 1.82) is 0 Å². The first-order valence-corrected chi connectivity index (χ1v) is 3.22. The molecule has 1 aliphatic heterocycles. The Bertz CT molecular complexity index is 114. The van der Waals surface area contributed by atoms with E-state index in [0.717, 1.165) is 19.5 Å². The van der Waals surface area contributed by atoms with Crippen LogP contribution in [0.5, 0.6) is 0 Å². The normalized spacial score (nSPS) is 18.3. The molecule has 1 N–H and O–H groups in total. The van der Waals surface area contributed by atoms with E-state index in [0.29, 0.717) is 0 Å². The van der Waals surface area contributed by atoms with Gasteiger partial charge in [-0.3, -0.25) is 0 Å². The smallest absolute Gasteiger partial charge is 0.317 e. The second-order valence-electron chi connectivity index (χ2n) is 2.02. The van der Waals surface area contributed by atoms with Crippen LogP contribution in [-0.2, 0) is 0 Å². The summed E-state index contributed by atoms with van der Waals surface area (Å²) in [4.78, 5) is 12.5. The van der Waals surface area contributed by atoms with Crippen molar-refractivity contribution < 1.29 is 4.79 Å². The highest BCUT2D eigenvalue weighted by atomic mass is 16.2. The van der Waals surface area contributed by atoms with E-state index in [-0.39, 0.29) is 6.03 Å². The van der Waals surface area contributed by atoms with Gasteiger partial charge in [0.05, 0.1) is 6.54 Å². The summed E-state index contributed by atoms with van der Waals surface area (Å²) < 4.78 is 0. The molecule has 51 valence electrons. The number of rotatable bonds is 2. The maximum Gasteiger partial charge on any atom is 0.317 e. The molecule has 0 aliphatic carbocycles. The lowest BCUT2D eigenvalue weighted by Gasteiger charge is -2.09. The van der Waals surface area contributed by atoms with Gasteiger partial charge < -0.3 is 10.2 Å². The second kappa shape index (κ2) is 2.71. The summed E-state index contributed by atoms with van der Waals surface area (Å²) in [6.07, 6.45) is 0.924. The fourth-order valence-corrected chi connectivity index (χ4v) is 0.881. The van der Waals surface area contributed by atoms with E-state index in [9.17, 15) is 4.79 Å². The topological polar surface area (TPSA) is 32.3 Å². The Balaban J connectivity index is 2.31. The summed E-state index contributed by atoms with van der Waals surface area (Å²) in [6, 6.07) is 0.0388. The van der Waals surface area contributed by atoms with E-state index in [2.05, 4.69) is 5.32 Å². The molecule has 1 rings (SSSR count). The number of hydrogen-bond donors (Lipinski definition) is 1. The molecule has 9 heavy (non-hydrogen) atoms. The third-order valence-corrected chi connectivity index (χ3v) is 1.29. The van der Waals surface area contributed by atoms with Crippen molar-refractivity contribution in [3.05, 3.63) is 6.54 Å². The quantitative estimate of drug-likeness (QED) is 0.578. The highest BCUT2D eigenvalue weighted by molar-refractivity contribution is 5.76. The lowest BCUT2D eigenvalue weighted by molar-refractivity contribution is 0.225. The third kappa shape index (κ3) is 1.34. The highest BCUT2D eigenvalue weighted by Gasteiger charge is 2.17. The SMILES string of the molecule is CC[CH]N1CCNC1=O. The predicted molar refractivity (Wildman–Crippen MR) is 34.7 cm³/mol. The molecule has 1 saturated heterocycles. The van der Waals surface area contributed by atoms with Crippen LogP contribution in [-0.4, -0.2) is 24.0 Å². The Morgan fingerprint density at radius 1 is 1.89 bits per heavy atom. The minimum Gasteiger partial charge on any atom is -0.336 e. The fraction of sp³-hybridized carbons (Fsp3) is 0.667. The predicted octanol–water partition coefficient (Wildman–Crippen LogP) is 0.583. The largest absolute Gasteiger partial charge is 0.336 e. The molecule has 0 aromatic heterocycles. The first-order chi connectivity index (χ1) is 4.34. The van der Waals surface area contributed by atoms with Crippen LogP contribution in [0.25, 0.3) is 0 Å². The van der Waals surface area contributed by atoms with Crippen LogP contribution in [0, 0.1) is 6.54 Å². The number of nitrogens with one attached hydrogen (secondary N) is 1. The van der Waals surface area contributed by atoms with Crippen LogP contribution in [0.3, 0.4) is 0 Å². The van der Waals surface area contributed by atoms with Gasteiger partial charge in [0.1, 0.15) is 0 Å². The molecule has 0 aromatic rings. The molecule has 0 bridgehead atoms. The van der Waals surface area contributed by atoms with Gasteiger partial charge in [-0.1, -0.05) is 6.92 Å². The zero-order valence-corrected chi connectivity index (χ0v) is 5.55. The summed E-state index contributed by atoms with van der Waals surface area (Å²) in [7, 11) is 0. The maximum absolute atomic E-state index is 10.7. The summed E-state index contributed by atoms with van der Waals surface area (Å²) in [5.41, 5.74) is 0. The van der Waals surface area contributed by atoms with Crippen LogP contribution in [0.15, 0.2) is 0 Å². The van der Waals surface area contributed by atoms with Gasteiger partial charge in [-0.2, -0.15) is 0 Å². The number of amides is 2. The molecule has 0 aromatic carbocycles. The Morgan fingerprint density at radius 2 is 2.67 bits per heavy atom. The van der Waals surface area contributed by atoms with Gasteiger partial charge in [0.25, 0.3) is 0 Å². The van der Waals surface area contributed by atoms with Crippen LogP contribution < -0.4 is 5.32 Å². The molecule has 1 radical (unpaired) electrons. The number of hydrogen-bond acceptors (Lipinski definition) is 1. The van der Waals surface area contributed by atoms with Gasteiger partial charge in [0.15, 0.2) is 0 Å². The van der Waals surface area contributed by atoms with E-state index in [1.165, 1.54) is 0 Å². The average Bonchev–Trinajstić information content (AvgIpc) is 2.18. The number of urea groups is 1. The van der Waals surface area contributed by atoms with Crippen molar-refractivity contribution in [1.82, 2.24) is 10.2 Å². The van der Waals surface area contributed by atoms with Crippen molar-refractivity contribution in [3.8, 4) is 0 Å². The van der Waals surface area contributed by atoms with E-state index in [1.807, 2.05) is 13.5 Å². The zero-order valence-electron chi connectivity index (χ0n) is 5.55. The molecule has 0 atom stereocenters. The molecule has 1 heterocycles. The lowest BCUT2D eigenvalue weighted by Crippen LogP contribution is -2.25. The maximum atomic E-state index is 10.7. The van der Waals surface area contributed by atoms with Crippen LogP contribution in [0.1, 0.15) is 13.3 Å². The van der Waals surface area contributed by atoms with Gasteiger partial charge in [-0.25, -0.2) is 4.79 Å². The Kier molecular flexibility index (Phi) is 1.92. The molecule has 3 nitrogen and oxygen atoms in total. The molecule has 1 aliphatic rings. The monoisotopic (exact) mass is 127 g/mol. The standard InChI is InChI=1S/C6H11N2O/c1-2-4-8-5-3-7-6(8)9/h4H,2-3,5H2,1H3,(H,7,9). The first-order valence-electron chi connectivity index (χ1n) is 3.22. The summed E-state index contributed by atoms with van der Waals surface area (Å²) in [5.74, 6) is 0. The minimum absolute atomic E-state index is 0.0388.